The number of aromatic nitrogens is 5. The highest BCUT2D eigenvalue weighted by Crippen LogP contribution is 2.20. The first-order valence-corrected chi connectivity index (χ1v) is 9.78. The van der Waals surface area contributed by atoms with Gasteiger partial charge in [0.15, 0.2) is 11.5 Å². The molecule has 0 radical (unpaired) electrons. The largest absolute Gasteiger partial charge is 0.293 e. The first kappa shape index (κ1) is 18.7. The summed E-state index contributed by atoms with van der Waals surface area (Å²) in [4.78, 5) is 27.3. The molecule has 1 N–H and O–H groups in total. The molecular formula is C18H11Cl2N5O2S. The van der Waals surface area contributed by atoms with E-state index in [2.05, 4.69) is 20.3 Å². The number of thioether (sulfide) groups is 1. The molecule has 0 aliphatic rings. The second-order valence-electron chi connectivity index (χ2n) is 5.75. The van der Waals surface area contributed by atoms with Crippen molar-refractivity contribution < 1.29 is 4.79 Å². The number of nitrogens with one attached hydrogen (secondary N) is 1. The minimum absolute atomic E-state index is 0.0826. The first-order valence-electron chi connectivity index (χ1n) is 8.04. The summed E-state index contributed by atoms with van der Waals surface area (Å²) in [6, 6.07) is 13.4. The Kier molecular flexibility index (Phi) is 5.17. The molecule has 0 bridgehead atoms. The maximum Gasteiger partial charge on any atom is 0.279 e. The van der Waals surface area contributed by atoms with Crippen LogP contribution in [0.5, 0.6) is 0 Å². The lowest BCUT2D eigenvalue weighted by molar-refractivity contribution is 0.102. The van der Waals surface area contributed by atoms with Crippen LogP contribution in [0.4, 0.5) is 0 Å². The highest BCUT2D eigenvalue weighted by Gasteiger charge is 2.15. The minimum atomic E-state index is -0.393. The summed E-state index contributed by atoms with van der Waals surface area (Å²) in [5.74, 6) is 0.254. The lowest BCUT2D eigenvalue weighted by Gasteiger charge is -2.03. The third-order valence-corrected chi connectivity index (χ3v) is 5.29. The summed E-state index contributed by atoms with van der Waals surface area (Å²) in [6.07, 6.45) is 0. The summed E-state index contributed by atoms with van der Waals surface area (Å²) in [7, 11) is 0. The number of hydrogen-bond donors (Lipinski definition) is 1. The lowest BCUT2D eigenvalue weighted by atomic mass is 10.1. The Hall–Kier alpha value is -2.68. The molecule has 4 aromatic rings. The fourth-order valence-corrected chi connectivity index (χ4v) is 3.50. The summed E-state index contributed by atoms with van der Waals surface area (Å²) in [5.41, 5.74) is 0.967. The van der Waals surface area contributed by atoms with E-state index >= 15 is 0 Å². The fraction of sp³-hybridized carbons (Fsp3) is 0.0556. The Bertz CT molecular complexity index is 1220. The van der Waals surface area contributed by atoms with Crippen LogP contribution in [-0.4, -0.2) is 36.3 Å². The Morgan fingerprint density at radius 1 is 1.00 bits per heavy atom. The van der Waals surface area contributed by atoms with Crippen LogP contribution < -0.4 is 5.56 Å². The quantitative estimate of drug-likeness (QED) is 0.381. The number of nitrogens with zero attached hydrogens (tertiary/aromatic N) is 4. The number of Topliss-reactive ketones (excluding diaryl/α,β-unsaturated/α-hetero) is 1. The molecule has 7 nitrogen and oxygen atoms in total. The van der Waals surface area contributed by atoms with Crippen molar-refractivity contribution in [2.24, 2.45) is 0 Å². The van der Waals surface area contributed by atoms with Gasteiger partial charge >= 0.3 is 0 Å². The van der Waals surface area contributed by atoms with Gasteiger partial charge in [0.25, 0.3) is 11.3 Å². The fourth-order valence-electron chi connectivity index (χ4n) is 2.48. The molecule has 0 amide bonds. The zero-order chi connectivity index (χ0) is 19.7. The molecular weight excluding hydrogens is 421 g/mol. The minimum Gasteiger partial charge on any atom is -0.293 e. The average Bonchev–Trinajstić information content (AvgIpc) is 3.08. The molecule has 0 unspecified atom stereocenters. The first-order chi connectivity index (χ1) is 13.5. The van der Waals surface area contributed by atoms with Crippen LogP contribution in [0.3, 0.4) is 0 Å². The molecule has 0 fully saturated rings. The maximum absolute atomic E-state index is 12.3. The van der Waals surface area contributed by atoms with Gasteiger partial charge in [0, 0.05) is 21.2 Å². The van der Waals surface area contributed by atoms with E-state index in [1.54, 1.807) is 48.5 Å². The van der Waals surface area contributed by atoms with Gasteiger partial charge in [-0.2, -0.15) is 9.61 Å². The number of rotatable bonds is 5. The Labute approximate surface area is 172 Å². The third-order valence-electron chi connectivity index (χ3n) is 3.87. The van der Waals surface area contributed by atoms with Gasteiger partial charge in [0.05, 0.1) is 5.75 Å². The van der Waals surface area contributed by atoms with Crippen LogP contribution in [0.25, 0.3) is 17.0 Å². The van der Waals surface area contributed by atoms with Gasteiger partial charge in [-0.1, -0.05) is 47.1 Å². The normalized spacial score (nSPS) is 11.1. The van der Waals surface area contributed by atoms with Gasteiger partial charge in [0.2, 0.25) is 5.16 Å². The lowest BCUT2D eigenvalue weighted by Crippen LogP contribution is -2.15. The molecule has 0 atom stereocenters. The monoisotopic (exact) mass is 431 g/mol. The van der Waals surface area contributed by atoms with Crippen molar-refractivity contribution in [3.8, 4) is 11.3 Å². The van der Waals surface area contributed by atoms with Crippen molar-refractivity contribution in [3.63, 3.8) is 0 Å². The zero-order valence-electron chi connectivity index (χ0n) is 14.1. The van der Waals surface area contributed by atoms with E-state index in [4.69, 9.17) is 23.2 Å². The van der Waals surface area contributed by atoms with Crippen molar-refractivity contribution in [3.05, 3.63) is 74.5 Å². The third kappa shape index (κ3) is 3.80. The van der Waals surface area contributed by atoms with E-state index in [0.717, 1.165) is 0 Å². The molecule has 140 valence electrons. The Morgan fingerprint density at radius 3 is 2.32 bits per heavy atom. The topological polar surface area (TPSA) is 93.0 Å². The summed E-state index contributed by atoms with van der Waals surface area (Å²) in [6.45, 7) is 0. The van der Waals surface area contributed by atoms with Gasteiger partial charge in [-0.15, -0.1) is 10.2 Å². The summed E-state index contributed by atoms with van der Waals surface area (Å²) < 4.78 is 1.41. The molecule has 0 saturated heterocycles. The van der Waals surface area contributed by atoms with Crippen LogP contribution in [0, 0.1) is 0 Å². The van der Waals surface area contributed by atoms with E-state index in [9.17, 15) is 9.59 Å². The number of benzene rings is 2. The smallest absolute Gasteiger partial charge is 0.279 e. The second-order valence-corrected chi connectivity index (χ2v) is 7.56. The molecule has 0 spiro atoms. The van der Waals surface area contributed by atoms with Gasteiger partial charge in [-0.25, -0.2) is 0 Å². The summed E-state index contributed by atoms with van der Waals surface area (Å²) in [5, 5.41) is 13.8. The molecule has 28 heavy (non-hydrogen) atoms. The number of aromatic amines is 1. The van der Waals surface area contributed by atoms with E-state index in [1.807, 2.05) is 0 Å². The predicted octanol–water partition coefficient (Wildman–Crippen LogP) is 3.76. The number of ketones is 1. The molecule has 10 heteroatoms. The highest BCUT2D eigenvalue weighted by atomic mass is 35.5. The molecule has 2 aromatic heterocycles. The number of carbonyl (C=O) groups is 1. The molecule has 2 aromatic carbocycles. The van der Waals surface area contributed by atoms with E-state index in [0.29, 0.717) is 26.3 Å². The molecule has 4 rings (SSSR count). The van der Waals surface area contributed by atoms with E-state index in [-0.39, 0.29) is 23.0 Å². The highest BCUT2D eigenvalue weighted by molar-refractivity contribution is 7.99. The molecule has 2 heterocycles. The van der Waals surface area contributed by atoms with Crippen molar-refractivity contribution in [1.29, 1.82) is 0 Å². The summed E-state index contributed by atoms with van der Waals surface area (Å²) >= 11 is 12.9. The standard InChI is InChI=1S/C18H11Cl2N5O2S/c19-12-5-1-10(2-6-12)14(26)9-28-18-23-22-17-21-16(27)15(24-25(17)18)11-3-7-13(20)8-4-11/h1-8H,9H2,(H,21,22,27). The van der Waals surface area contributed by atoms with Gasteiger partial charge in [-0.05, 0) is 36.4 Å². The number of carbonyl (C=O) groups excluding carboxylic acids is 1. The number of halogens is 2. The predicted molar refractivity (Wildman–Crippen MR) is 108 cm³/mol. The van der Waals surface area contributed by atoms with E-state index in [1.165, 1.54) is 16.3 Å². The van der Waals surface area contributed by atoms with Gasteiger partial charge < -0.3 is 0 Å². The molecule has 0 saturated carbocycles. The van der Waals surface area contributed by atoms with Gasteiger partial charge in [-0.3, -0.25) is 14.6 Å². The number of hydrogen-bond acceptors (Lipinski definition) is 6. The van der Waals surface area contributed by atoms with E-state index < -0.39 is 5.56 Å². The molecule has 0 aliphatic carbocycles. The Morgan fingerprint density at radius 2 is 1.64 bits per heavy atom. The number of H-pyrrole nitrogens is 1. The second kappa shape index (κ2) is 7.75. The Balaban J connectivity index is 1.62. The average molecular weight is 432 g/mol. The van der Waals surface area contributed by atoms with Crippen LogP contribution in [0.2, 0.25) is 10.0 Å². The van der Waals surface area contributed by atoms with Crippen molar-refractivity contribution in [2.45, 2.75) is 5.16 Å². The van der Waals surface area contributed by atoms with Crippen molar-refractivity contribution in [2.75, 3.05) is 5.75 Å². The number of fused-ring (bicyclic) bond motifs is 1. The van der Waals surface area contributed by atoms with Crippen molar-refractivity contribution >= 4 is 46.5 Å². The maximum atomic E-state index is 12.3. The zero-order valence-corrected chi connectivity index (χ0v) is 16.4. The van der Waals surface area contributed by atoms with Gasteiger partial charge in [0.1, 0.15) is 0 Å². The van der Waals surface area contributed by atoms with Crippen LogP contribution in [0.15, 0.2) is 58.5 Å². The van der Waals surface area contributed by atoms with Crippen LogP contribution in [0.1, 0.15) is 10.4 Å². The van der Waals surface area contributed by atoms with Crippen LogP contribution in [-0.2, 0) is 0 Å². The van der Waals surface area contributed by atoms with Crippen molar-refractivity contribution in [1.82, 2.24) is 24.8 Å². The van der Waals surface area contributed by atoms with Crippen LogP contribution >= 0.6 is 35.0 Å². The molecule has 0 aliphatic heterocycles. The SMILES string of the molecule is O=C(CSc1nnc2[nH]c(=O)c(-c3ccc(Cl)cc3)nn12)c1ccc(Cl)cc1.